The molecular weight excluding hydrogens is 362 g/mol. The summed E-state index contributed by atoms with van der Waals surface area (Å²) in [7, 11) is 0. The van der Waals surface area contributed by atoms with E-state index in [1.165, 1.54) is 35.7 Å². The second-order valence-electron chi connectivity index (χ2n) is 7.67. The van der Waals surface area contributed by atoms with Crippen LogP contribution >= 0.6 is 15.9 Å². The van der Waals surface area contributed by atoms with Gasteiger partial charge in [-0.1, -0.05) is 65.2 Å². The van der Waals surface area contributed by atoms with Gasteiger partial charge in [-0.2, -0.15) is 0 Å². The van der Waals surface area contributed by atoms with Crippen molar-refractivity contribution in [2.75, 3.05) is 6.54 Å². The van der Waals surface area contributed by atoms with Crippen molar-refractivity contribution in [1.82, 2.24) is 4.90 Å². The Kier molecular flexibility index (Phi) is 4.80. The molecule has 3 heteroatoms. The Hall–Kier alpha value is -1.09. The lowest BCUT2D eigenvalue weighted by molar-refractivity contribution is -0.140. The topological polar surface area (TPSA) is 20.3 Å². The van der Waals surface area contributed by atoms with Crippen molar-refractivity contribution in [3.8, 4) is 0 Å². The summed E-state index contributed by atoms with van der Waals surface area (Å²) in [5, 5.41) is 0. The predicted molar refractivity (Wildman–Crippen MR) is 101 cm³/mol. The van der Waals surface area contributed by atoms with Gasteiger partial charge in [0.2, 0.25) is 5.91 Å². The van der Waals surface area contributed by atoms with E-state index < -0.39 is 0 Å². The normalized spacial score (nSPS) is 33.0. The van der Waals surface area contributed by atoms with Gasteiger partial charge in [-0.05, 0) is 49.5 Å². The van der Waals surface area contributed by atoms with Crippen LogP contribution in [0.4, 0.5) is 0 Å². The maximum absolute atomic E-state index is 13.5. The minimum absolute atomic E-state index is 0.167. The maximum Gasteiger partial charge on any atom is 0.226 e. The SMILES string of the molecule is O=C([C@@H]1CCCC[C@H]1c1ccccc1)N1CC[C@@H]2CC=C(Br)[C@H]1C2. The van der Waals surface area contributed by atoms with Crippen molar-refractivity contribution in [2.24, 2.45) is 11.8 Å². The molecule has 1 amide bonds. The second kappa shape index (κ2) is 7.03. The Morgan fingerprint density at radius 2 is 1.88 bits per heavy atom. The van der Waals surface area contributed by atoms with Gasteiger partial charge in [-0.15, -0.1) is 0 Å². The summed E-state index contributed by atoms with van der Waals surface area (Å²) in [5.74, 6) is 1.74. The van der Waals surface area contributed by atoms with Gasteiger partial charge in [-0.25, -0.2) is 0 Å². The van der Waals surface area contributed by atoms with Crippen molar-refractivity contribution in [2.45, 2.75) is 56.9 Å². The first-order valence-corrected chi connectivity index (χ1v) is 10.2. The maximum atomic E-state index is 13.5. The number of benzene rings is 1. The van der Waals surface area contributed by atoms with E-state index in [0.29, 0.717) is 17.9 Å². The third kappa shape index (κ3) is 3.08. The summed E-state index contributed by atoms with van der Waals surface area (Å²) in [6.07, 6.45) is 10.4. The summed E-state index contributed by atoms with van der Waals surface area (Å²) >= 11 is 3.74. The minimum atomic E-state index is 0.167. The molecule has 2 nitrogen and oxygen atoms in total. The molecule has 0 N–H and O–H groups in total. The molecule has 0 radical (unpaired) electrons. The Labute approximate surface area is 153 Å². The molecule has 24 heavy (non-hydrogen) atoms. The fourth-order valence-electron chi connectivity index (χ4n) is 4.93. The van der Waals surface area contributed by atoms with Crippen LogP contribution in [0.1, 0.15) is 56.4 Å². The van der Waals surface area contributed by atoms with E-state index in [9.17, 15) is 4.79 Å². The molecule has 2 fully saturated rings. The second-order valence-corrected chi connectivity index (χ2v) is 8.59. The lowest BCUT2D eigenvalue weighted by Gasteiger charge is -2.45. The third-order valence-corrected chi connectivity index (χ3v) is 7.12. The lowest BCUT2D eigenvalue weighted by atomic mass is 9.74. The highest BCUT2D eigenvalue weighted by atomic mass is 79.9. The Morgan fingerprint density at radius 3 is 2.71 bits per heavy atom. The van der Waals surface area contributed by atoms with Crippen molar-refractivity contribution in [3.63, 3.8) is 0 Å². The molecule has 0 spiro atoms. The van der Waals surface area contributed by atoms with Gasteiger partial charge in [0.05, 0.1) is 6.04 Å². The van der Waals surface area contributed by atoms with Gasteiger partial charge >= 0.3 is 0 Å². The van der Waals surface area contributed by atoms with Crippen molar-refractivity contribution in [3.05, 3.63) is 46.5 Å². The highest BCUT2D eigenvalue weighted by Crippen LogP contribution is 2.42. The Balaban J connectivity index is 1.58. The van der Waals surface area contributed by atoms with Crippen molar-refractivity contribution in [1.29, 1.82) is 0 Å². The molecule has 1 aromatic carbocycles. The molecule has 1 heterocycles. The lowest BCUT2D eigenvalue weighted by Crippen LogP contribution is -2.50. The molecule has 0 unspecified atom stereocenters. The van der Waals surface area contributed by atoms with E-state index >= 15 is 0 Å². The number of nitrogens with zero attached hydrogens (tertiary/aromatic N) is 1. The minimum Gasteiger partial charge on any atom is -0.335 e. The zero-order chi connectivity index (χ0) is 16.5. The third-order valence-electron chi connectivity index (χ3n) is 6.27. The van der Waals surface area contributed by atoms with Crippen molar-refractivity contribution >= 4 is 21.8 Å². The predicted octanol–water partition coefficient (Wildman–Crippen LogP) is 5.25. The first kappa shape index (κ1) is 16.4. The fourth-order valence-corrected chi connectivity index (χ4v) is 5.55. The number of likely N-dealkylation sites (tertiary alicyclic amines) is 1. The molecule has 4 rings (SSSR count). The molecule has 1 saturated heterocycles. The van der Waals surface area contributed by atoms with Gasteiger partial charge in [0, 0.05) is 16.9 Å². The standard InChI is InChI=1S/C21H26BrNO/c22-19-11-10-15-12-13-23(20(19)14-15)21(24)18-9-5-4-8-17(18)16-6-2-1-3-7-16/h1-3,6-7,11,15,17-18,20H,4-5,8-10,12-14H2/t15-,17-,18+,20+/m0/s1. The number of piperidine rings is 1. The summed E-state index contributed by atoms with van der Waals surface area (Å²) in [4.78, 5) is 15.7. The van der Waals surface area contributed by atoms with Crippen LogP contribution in [0.5, 0.6) is 0 Å². The largest absolute Gasteiger partial charge is 0.335 e. The zero-order valence-electron chi connectivity index (χ0n) is 14.2. The number of hydrogen-bond donors (Lipinski definition) is 0. The number of amides is 1. The van der Waals surface area contributed by atoms with Crippen LogP contribution in [0.3, 0.4) is 0 Å². The summed E-state index contributed by atoms with van der Waals surface area (Å²) in [5.41, 5.74) is 1.35. The Bertz CT molecular complexity index is 626. The quantitative estimate of drug-likeness (QED) is 0.678. The van der Waals surface area contributed by atoms with E-state index in [0.717, 1.165) is 31.7 Å². The fraction of sp³-hybridized carbons (Fsp3) is 0.571. The number of carbonyl (C=O) groups excluding carboxylic acids is 1. The molecule has 2 bridgehead atoms. The number of fused-ring (bicyclic) bond motifs is 2. The van der Waals surface area contributed by atoms with Gasteiger partial charge in [0.25, 0.3) is 0 Å². The van der Waals surface area contributed by atoms with Crippen LogP contribution in [0.2, 0.25) is 0 Å². The summed E-state index contributed by atoms with van der Waals surface area (Å²) < 4.78 is 1.24. The van der Waals surface area contributed by atoms with Crippen LogP contribution in [0.15, 0.2) is 40.9 Å². The van der Waals surface area contributed by atoms with Crippen molar-refractivity contribution < 1.29 is 4.79 Å². The number of carbonyl (C=O) groups is 1. The van der Waals surface area contributed by atoms with Crippen LogP contribution in [0, 0.1) is 11.8 Å². The summed E-state index contributed by atoms with van der Waals surface area (Å²) in [6.45, 7) is 0.940. The highest BCUT2D eigenvalue weighted by molar-refractivity contribution is 9.11. The van der Waals surface area contributed by atoms with Crippen LogP contribution in [-0.4, -0.2) is 23.4 Å². The molecular formula is C21H26BrNO. The number of rotatable bonds is 2. The smallest absolute Gasteiger partial charge is 0.226 e. The number of allylic oxidation sites excluding steroid dienone is 1. The summed E-state index contributed by atoms with van der Waals surface area (Å²) in [6, 6.07) is 11.0. The van der Waals surface area contributed by atoms with E-state index in [1.807, 2.05) is 0 Å². The average molecular weight is 388 g/mol. The molecule has 1 aromatic rings. The molecule has 3 aliphatic rings. The zero-order valence-corrected chi connectivity index (χ0v) is 15.7. The van der Waals surface area contributed by atoms with E-state index in [2.05, 4.69) is 57.2 Å². The molecule has 1 saturated carbocycles. The van der Waals surface area contributed by atoms with Gasteiger partial charge < -0.3 is 4.90 Å². The number of hydrogen-bond acceptors (Lipinski definition) is 1. The molecule has 4 atom stereocenters. The molecule has 1 aliphatic heterocycles. The van der Waals surface area contributed by atoms with Crippen LogP contribution in [-0.2, 0) is 4.79 Å². The first-order chi connectivity index (χ1) is 11.7. The van der Waals surface area contributed by atoms with E-state index in [-0.39, 0.29) is 5.92 Å². The number of halogens is 1. The monoisotopic (exact) mass is 387 g/mol. The first-order valence-electron chi connectivity index (χ1n) is 9.45. The van der Waals surface area contributed by atoms with E-state index in [1.54, 1.807) is 0 Å². The average Bonchev–Trinajstić information content (AvgIpc) is 2.65. The van der Waals surface area contributed by atoms with Gasteiger partial charge in [-0.3, -0.25) is 4.79 Å². The molecule has 0 aromatic heterocycles. The molecule has 2 aliphatic carbocycles. The van der Waals surface area contributed by atoms with E-state index in [4.69, 9.17) is 0 Å². The van der Waals surface area contributed by atoms with Crippen LogP contribution in [0.25, 0.3) is 0 Å². The highest BCUT2D eigenvalue weighted by Gasteiger charge is 2.40. The van der Waals surface area contributed by atoms with Crippen LogP contribution < -0.4 is 0 Å². The Morgan fingerprint density at radius 1 is 1.08 bits per heavy atom. The van der Waals surface area contributed by atoms with Gasteiger partial charge in [0.1, 0.15) is 0 Å². The molecule has 128 valence electrons. The van der Waals surface area contributed by atoms with Gasteiger partial charge in [0.15, 0.2) is 0 Å².